The molecule has 8 heavy (non-hydrogen) atoms. The van der Waals surface area contributed by atoms with Crippen LogP contribution >= 0.6 is 0 Å². The predicted molar refractivity (Wildman–Crippen MR) is 28.9 cm³/mol. The fourth-order valence-corrected chi connectivity index (χ4v) is 0.396. The molecule has 0 aromatic rings. The number of nitrogens with two attached hydrogens (primary N) is 1. The van der Waals surface area contributed by atoms with Crippen LogP contribution in [0.3, 0.4) is 0 Å². The molecule has 0 rings (SSSR count). The lowest BCUT2D eigenvalue weighted by molar-refractivity contribution is 0.127. The Morgan fingerprint density at radius 2 is 2.00 bits per heavy atom. The van der Waals surface area contributed by atoms with Gasteiger partial charge in [0.1, 0.15) is 0 Å². The average Bonchev–Trinajstić information content (AvgIpc) is 1.65. The van der Waals surface area contributed by atoms with E-state index in [1.807, 2.05) is 0 Å². The van der Waals surface area contributed by atoms with E-state index in [-0.39, 0.29) is 12.5 Å². The first-order chi connectivity index (χ1) is 3.66. The summed E-state index contributed by atoms with van der Waals surface area (Å²) in [5.74, 6) is 0. The third-order valence-corrected chi connectivity index (χ3v) is 1.01. The Morgan fingerprint density at radius 1 is 1.50 bits per heavy atom. The maximum absolute atomic E-state index is 11.4. The molecule has 0 aliphatic carbocycles. The maximum Gasteiger partial charge on any atom is 0.240 e. The van der Waals surface area contributed by atoms with Gasteiger partial charge in [-0.3, -0.25) is 0 Å². The highest BCUT2D eigenvalue weighted by atomic mass is 19.3. The van der Waals surface area contributed by atoms with Gasteiger partial charge in [-0.25, -0.2) is 8.78 Å². The van der Waals surface area contributed by atoms with Crippen molar-refractivity contribution in [2.45, 2.75) is 32.2 Å². The zero-order valence-corrected chi connectivity index (χ0v) is 4.90. The molecule has 3 heteroatoms. The Morgan fingerprint density at radius 3 is 2.12 bits per heavy atom. The van der Waals surface area contributed by atoms with Crippen LogP contribution in [0.25, 0.3) is 0 Å². The lowest BCUT2D eigenvalue weighted by Gasteiger charge is -2.05. The average molecular weight is 123 g/mol. The van der Waals surface area contributed by atoms with Gasteiger partial charge in [0, 0.05) is 12.5 Å². The predicted octanol–water partition coefficient (Wildman–Crippen LogP) is 1.38. The van der Waals surface area contributed by atoms with Gasteiger partial charge < -0.3 is 5.73 Å². The highest BCUT2D eigenvalue weighted by Gasteiger charge is 2.07. The van der Waals surface area contributed by atoms with Crippen LogP contribution in [-0.2, 0) is 0 Å². The largest absolute Gasteiger partial charge is 0.328 e. The number of rotatable bonds is 3. The summed E-state index contributed by atoms with van der Waals surface area (Å²) in [4.78, 5) is 0. The summed E-state index contributed by atoms with van der Waals surface area (Å²) in [6, 6.07) is -0.324. The maximum atomic E-state index is 11.4. The van der Waals surface area contributed by atoms with Crippen molar-refractivity contribution < 1.29 is 8.78 Å². The second-order valence-electron chi connectivity index (χ2n) is 1.80. The molecule has 2 N–H and O–H groups in total. The van der Waals surface area contributed by atoms with Crippen LogP contribution in [0.5, 0.6) is 0 Å². The van der Waals surface area contributed by atoms with Crippen molar-refractivity contribution in [3.8, 4) is 0 Å². The van der Waals surface area contributed by atoms with Crippen LogP contribution < -0.4 is 5.73 Å². The molecule has 0 bridgehead atoms. The topological polar surface area (TPSA) is 26.0 Å². The molecule has 0 aliphatic rings. The summed E-state index contributed by atoms with van der Waals surface area (Å²) in [6.45, 7) is 1.80. The van der Waals surface area contributed by atoms with Gasteiger partial charge >= 0.3 is 0 Å². The summed E-state index contributed by atoms with van der Waals surface area (Å²) in [5.41, 5.74) is 5.19. The number of hydrogen-bond acceptors (Lipinski definition) is 1. The summed E-state index contributed by atoms with van der Waals surface area (Å²) >= 11 is 0. The first-order valence-electron chi connectivity index (χ1n) is 2.70. The highest BCUT2D eigenvalue weighted by Crippen LogP contribution is 2.03. The third kappa shape index (κ3) is 3.99. The number of halogens is 2. The molecule has 0 amide bonds. The van der Waals surface area contributed by atoms with E-state index in [4.69, 9.17) is 5.73 Å². The van der Waals surface area contributed by atoms with Crippen LogP contribution in [0.15, 0.2) is 0 Å². The molecule has 0 saturated carbocycles. The minimum atomic E-state index is -2.25. The Balaban J connectivity index is 3.10. The molecule has 0 fully saturated rings. The fourth-order valence-electron chi connectivity index (χ4n) is 0.396. The Kier molecular flexibility index (Phi) is 3.69. The molecule has 1 atom stereocenters. The van der Waals surface area contributed by atoms with Crippen molar-refractivity contribution >= 4 is 0 Å². The van der Waals surface area contributed by atoms with Crippen LogP contribution in [0.2, 0.25) is 0 Å². The first-order valence-corrected chi connectivity index (χ1v) is 2.70. The fraction of sp³-hybridized carbons (Fsp3) is 1.00. The third-order valence-electron chi connectivity index (χ3n) is 1.01. The quantitative estimate of drug-likeness (QED) is 0.602. The van der Waals surface area contributed by atoms with Crippen LogP contribution in [0.4, 0.5) is 8.78 Å². The molecular weight excluding hydrogens is 112 g/mol. The van der Waals surface area contributed by atoms with Crippen LogP contribution in [-0.4, -0.2) is 12.5 Å². The Bertz CT molecular complexity index is 56.4. The van der Waals surface area contributed by atoms with Crippen LogP contribution in [0, 0.1) is 0 Å². The van der Waals surface area contributed by atoms with E-state index in [1.54, 1.807) is 6.92 Å². The molecule has 0 aliphatic heterocycles. The molecular formula is C5H11F2N. The SMILES string of the molecule is CCC(N)CC(F)F. The van der Waals surface area contributed by atoms with Crippen molar-refractivity contribution in [2.24, 2.45) is 5.73 Å². The highest BCUT2D eigenvalue weighted by molar-refractivity contribution is 4.58. The van der Waals surface area contributed by atoms with Gasteiger partial charge in [0.2, 0.25) is 6.43 Å². The second-order valence-corrected chi connectivity index (χ2v) is 1.80. The summed E-state index contributed by atoms with van der Waals surface area (Å²) < 4.78 is 22.8. The standard InChI is InChI=1S/C5H11F2N/c1-2-4(8)3-5(6)7/h4-5H,2-3,8H2,1H3. The normalized spacial score (nSPS) is 14.6. The van der Waals surface area contributed by atoms with Gasteiger partial charge in [0.05, 0.1) is 0 Å². The van der Waals surface area contributed by atoms with E-state index in [0.29, 0.717) is 6.42 Å². The minimum Gasteiger partial charge on any atom is -0.328 e. The molecule has 1 nitrogen and oxygen atoms in total. The summed E-state index contributed by atoms with van der Waals surface area (Å²) in [7, 11) is 0. The number of alkyl halides is 2. The molecule has 0 aromatic carbocycles. The van der Waals surface area contributed by atoms with E-state index < -0.39 is 6.43 Å². The van der Waals surface area contributed by atoms with Gasteiger partial charge in [-0.05, 0) is 6.42 Å². The van der Waals surface area contributed by atoms with Gasteiger partial charge in [0.15, 0.2) is 0 Å². The molecule has 0 heterocycles. The minimum absolute atomic E-state index is 0.170. The molecule has 50 valence electrons. The van der Waals surface area contributed by atoms with Gasteiger partial charge in [-0.15, -0.1) is 0 Å². The zero-order valence-electron chi connectivity index (χ0n) is 4.90. The lowest BCUT2D eigenvalue weighted by Crippen LogP contribution is -2.21. The van der Waals surface area contributed by atoms with Crippen molar-refractivity contribution in [3.63, 3.8) is 0 Å². The zero-order chi connectivity index (χ0) is 6.57. The van der Waals surface area contributed by atoms with E-state index in [0.717, 1.165) is 0 Å². The lowest BCUT2D eigenvalue weighted by atomic mass is 10.2. The summed E-state index contributed by atoms with van der Waals surface area (Å²) in [6.07, 6.45) is -1.79. The summed E-state index contributed by atoms with van der Waals surface area (Å²) in [5, 5.41) is 0. The second kappa shape index (κ2) is 3.78. The van der Waals surface area contributed by atoms with E-state index in [1.165, 1.54) is 0 Å². The molecule has 0 radical (unpaired) electrons. The van der Waals surface area contributed by atoms with Crippen molar-refractivity contribution in [1.82, 2.24) is 0 Å². The van der Waals surface area contributed by atoms with Gasteiger partial charge in [-0.2, -0.15) is 0 Å². The molecule has 0 aromatic heterocycles. The van der Waals surface area contributed by atoms with Gasteiger partial charge in [0.25, 0.3) is 0 Å². The van der Waals surface area contributed by atoms with Crippen molar-refractivity contribution in [3.05, 3.63) is 0 Å². The number of hydrogen-bond donors (Lipinski definition) is 1. The molecule has 0 spiro atoms. The Hall–Kier alpha value is -0.180. The van der Waals surface area contributed by atoms with E-state index in [2.05, 4.69) is 0 Å². The van der Waals surface area contributed by atoms with Gasteiger partial charge in [-0.1, -0.05) is 6.92 Å². The monoisotopic (exact) mass is 123 g/mol. The molecule has 0 saturated heterocycles. The van der Waals surface area contributed by atoms with Crippen LogP contribution in [0.1, 0.15) is 19.8 Å². The first kappa shape index (κ1) is 7.82. The molecule has 1 unspecified atom stereocenters. The van der Waals surface area contributed by atoms with E-state index in [9.17, 15) is 8.78 Å². The Labute approximate surface area is 47.9 Å². The smallest absolute Gasteiger partial charge is 0.240 e. The van der Waals surface area contributed by atoms with E-state index >= 15 is 0 Å². The van der Waals surface area contributed by atoms with Crippen molar-refractivity contribution in [2.75, 3.05) is 0 Å². The van der Waals surface area contributed by atoms with Crippen molar-refractivity contribution in [1.29, 1.82) is 0 Å².